The molecule has 2 N–H and O–H groups in total. The van der Waals surface area contributed by atoms with Gasteiger partial charge in [0.25, 0.3) is 0 Å². The quantitative estimate of drug-likeness (QED) is 0.639. The predicted molar refractivity (Wildman–Crippen MR) is 104 cm³/mol. The number of aryl methyl sites for hydroxylation is 1. The number of hydrogen-bond donors (Lipinski definition) is 2. The number of nitrogens with zero attached hydrogens (tertiary/aromatic N) is 1. The lowest BCUT2D eigenvalue weighted by molar-refractivity contribution is -0.118. The summed E-state index contributed by atoms with van der Waals surface area (Å²) >= 11 is 0. The van der Waals surface area contributed by atoms with Gasteiger partial charge < -0.3 is 19.9 Å². The van der Waals surface area contributed by atoms with Crippen LogP contribution in [0.1, 0.15) is 22.9 Å². The van der Waals surface area contributed by atoms with E-state index in [1.807, 2.05) is 54.6 Å². The number of aromatic nitrogens is 1. The minimum Gasteiger partial charge on any atom is -0.496 e. The second-order valence-corrected chi connectivity index (χ2v) is 6.17. The monoisotopic (exact) mass is 365 g/mol. The lowest BCUT2D eigenvalue weighted by Crippen LogP contribution is -2.34. The van der Waals surface area contributed by atoms with Gasteiger partial charge in [-0.1, -0.05) is 53.7 Å². The summed E-state index contributed by atoms with van der Waals surface area (Å²) < 4.78 is 10.4. The van der Waals surface area contributed by atoms with Gasteiger partial charge in [-0.2, -0.15) is 0 Å². The lowest BCUT2D eigenvalue weighted by Gasteiger charge is -2.18. The van der Waals surface area contributed by atoms with Gasteiger partial charge in [0, 0.05) is 12.6 Å². The van der Waals surface area contributed by atoms with Gasteiger partial charge in [-0.15, -0.1) is 0 Å². The fraction of sp³-hybridized carbons (Fsp3) is 0.238. The van der Waals surface area contributed by atoms with Crippen molar-refractivity contribution in [1.29, 1.82) is 0 Å². The summed E-state index contributed by atoms with van der Waals surface area (Å²) in [6, 6.07) is 18.7. The van der Waals surface area contributed by atoms with Crippen LogP contribution in [0.25, 0.3) is 0 Å². The lowest BCUT2D eigenvalue weighted by atomic mass is 10.1. The van der Waals surface area contributed by atoms with Crippen molar-refractivity contribution in [2.45, 2.75) is 19.4 Å². The van der Waals surface area contributed by atoms with Crippen molar-refractivity contribution in [3.8, 4) is 5.75 Å². The summed E-state index contributed by atoms with van der Waals surface area (Å²) in [5.41, 5.74) is 1.97. The Bertz CT molecular complexity index is 877. The maximum atomic E-state index is 12.8. The molecule has 0 saturated carbocycles. The van der Waals surface area contributed by atoms with Crippen molar-refractivity contribution in [3.05, 3.63) is 77.6 Å². The molecule has 1 unspecified atom stereocenters. The highest BCUT2D eigenvalue weighted by Gasteiger charge is 2.21. The van der Waals surface area contributed by atoms with E-state index in [2.05, 4.69) is 15.8 Å². The molecule has 6 nitrogen and oxygen atoms in total. The van der Waals surface area contributed by atoms with Gasteiger partial charge >= 0.3 is 0 Å². The van der Waals surface area contributed by atoms with Crippen LogP contribution in [-0.4, -0.2) is 24.7 Å². The maximum absolute atomic E-state index is 12.8. The minimum atomic E-state index is -0.502. The van der Waals surface area contributed by atoms with Crippen LogP contribution in [0.15, 0.2) is 65.2 Å². The first-order valence-corrected chi connectivity index (χ1v) is 8.82. The minimum absolute atomic E-state index is 0.186. The largest absolute Gasteiger partial charge is 0.496 e. The average molecular weight is 365 g/mol. The third-order valence-corrected chi connectivity index (χ3v) is 4.21. The highest BCUT2D eigenvalue weighted by Crippen LogP contribution is 2.19. The Balaban J connectivity index is 1.69. The van der Waals surface area contributed by atoms with Gasteiger partial charge in [-0.3, -0.25) is 4.79 Å². The Labute approximate surface area is 158 Å². The number of amides is 1. The molecule has 2 aromatic carbocycles. The van der Waals surface area contributed by atoms with Gasteiger partial charge in [0.1, 0.15) is 17.6 Å². The standard InChI is InChI=1S/C21H23N3O3/c1-15-14-19(24-27-15)23-21(25)20(17-9-4-3-5-10-17)22-13-12-16-8-6-7-11-18(16)26-2/h3-11,14,20,22H,12-13H2,1-2H3,(H,23,24,25). The maximum Gasteiger partial charge on any atom is 0.247 e. The van der Waals surface area contributed by atoms with E-state index in [0.29, 0.717) is 18.1 Å². The highest BCUT2D eigenvalue weighted by molar-refractivity contribution is 5.94. The number of hydrogen-bond acceptors (Lipinski definition) is 5. The molecule has 0 spiro atoms. The second-order valence-electron chi connectivity index (χ2n) is 6.17. The number of nitrogens with one attached hydrogen (secondary N) is 2. The van der Waals surface area contributed by atoms with Crippen LogP contribution >= 0.6 is 0 Å². The molecule has 0 aliphatic heterocycles. The molecule has 27 heavy (non-hydrogen) atoms. The van der Waals surface area contributed by atoms with Crippen molar-refractivity contribution >= 4 is 11.7 Å². The van der Waals surface area contributed by atoms with E-state index in [9.17, 15) is 4.79 Å². The molecule has 1 amide bonds. The molecule has 0 aliphatic carbocycles. The molecule has 3 rings (SSSR count). The summed E-state index contributed by atoms with van der Waals surface area (Å²) in [6.45, 7) is 2.40. The topological polar surface area (TPSA) is 76.4 Å². The van der Waals surface area contributed by atoms with Crippen molar-refractivity contribution in [3.63, 3.8) is 0 Å². The van der Waals surface area contributed by atoms with E-state index in [1.165, 1.54) is 0 Å². The van der Waals surface area contributed by atoms with Crippen LogP contribution in [0.2, 0.25) is 0 Å². The molecule has 1 atom stereocenters. The Kier molecular flexibility index (Phi) is 6.22. The first-order valence-electron chi connectivity index (χ1n) is 8.82. The molecule has 0 fully saturated rings. The molecule has 1 aromatic heterocycles. The number of ether oxygens (including phenoxy) is 1. The SMILES string of the molecule is COc1ccccc1CCNC(C(=O)Nc1cc(C)on1)c1ccccc1. The van der Waals surface area contributed by atoms with E-state index in [0.717, 1.165) is 23.3 Å². The number of methoxy groups -OCH3 is 1. The van der Waals surface area contributed by atoms with E-state index in [4.69, 9.17) is 9.26 Å². The molecular formula is C21H23N3O3. The predicted octanol–water partition coefficient (Wildman–Crippen LogP) is 3.50. The molecular weight excluding hydrogens is 342 g/mol. The Morgan fingerprint density at radius 1 is 1.15 bits per heavy atom. The second kappa shape index (κ2) is 9.00. The van der Waals surface area contributed by atoms with Crippen LogP contribution in [0.3, 0.4) is 0 Å². The molecule has 0 radical (unpaired) electrons. The zero-order valence-electron chi connectivity index (χ0n) is 15.4. The zero-order valence-corrected chi connectivity index (χ0v) is 15.4. The third-order valence-electron chi connectivity index (χ3n) is 4.21. The zero-order chi connectivity index (χ0) is 19.1. The Morgan fingerprint density at radius 3 is 2.59 bits per heavy atom. The van der Waals surface area contributed by atoms with Crippen LogP contribution in [-0.2, 0) is 11.2 Å². The molecule has 0 aliphatic rings. The average Bonchev–Trinajstić information content (AvgIpc) is 3.10. The van der Waals surface area contributed by atoms with Crippen LogP contribution in [0, 0.1) is 6.92 Å². The van der Waals surface area contributed by atoms with E-state index in [-0.39, 0.29) is 5.91 Å². The van der Waals surface area contributed by atoms with E-state index in [1.54, 1.807) is 20.1 Å². The summed E-state index contributed by atoms with van der Waals surface area (Å²) in [4.78, 5) is 12.8. The van der Waals surface area contributed by atoms with Crippen molar-refractivity contribution < 1.29 is 14.1 Å². The number of para-hydroxylation sites is 1. The summed E-state index contributed by atoms with van der Waals surface area (Å²) in [6.07, 6.45) is 0.740. The fourth-order valence-electron chi connectivity index (χ4n) is 2.89. The number of benzene rings is 2. The number of anilines is 1. The molecule has 140 valence electrons. The highest BCUT2D eigenvalue weighted by atomic mass is 16.5. The van der Waals surface area contributed by atoms with Gasteiger partial charge in [-0.25, -0.2) is 0 Å². The molecule has 0 saturated heterocycles. The van der Waals surface area contributed by atoms with Crippen molar-refractivity contribution in [2.75, 3.05) is 19.0 Å². The Morgan fingerprint density at radius 2 is 1.89 bits per heavy atom. The summed E-state index contributed by atoms with van der Waals surface area (Å²) in [5.74, 6) is 1.71. The fourth-order valence-corrected chi connectivity index (χ4v) is 2.89. The Hall–Kier alpha value is -3.12. The van der Waals surface area contributed by atoms with E-state index < -0.39 is 6.04 Å². The van der Waals surface area contributed by atoms with Gasteiger partial charge in [-0.05, 0) is 30.5 Å². The molecule has 6 heteroatoms. The molecule has 0 bridgehead atoms. The van der Waals surface area contributed by atoms with Crippen LogP contribution < -0.4 is 15.4 Å². The summed E-state index contributed by atoms with van der Waals surface area (Å²) in [7, 11) is 1.66. The number of carbonyl (C=O) groups excluding carboxylic acids is 1. The van der Waals surface area contributed by atoms with Crippen LogP contribution in [0.4, 0.5) is 5.82 Å². The number of rotatable bonds is 8. The molecule has 1 heterocycles. The van der Waals surface area contributed by atoms with Gasteiger partial charge in [0.05, 0.1) is 7.11 Å². The van der Waals surface area contributed by atoms with Gasteiger partial charge in [0.2, 0.25) is 5.91 Å². The van der Waals surface area contributed by atoms with Crippen molar-refractivity contribution in [1.82, 2.24) is 10.5 Å². The first-order chi connectivity index (χ1) is 13.2. The normalized spacial score (nSPS) is 11.8. The third kappa shape index (κ3) is 4.95. The summed E-state index contributed by atoms with van der Waals surface area (Å²) in [5, 5.41) is 9.97. The van der Waals surface area contributed by atoms with Gasteiger partial charge in [0.15, 0.2) is 5.82 Å². The van der Waals surface area contributed by atoms with Crippen molar-refractivity contribution in [2.24, 2.45) is 0 Å². The van der Waals surface area contributed by atoms with Crippen LogP contribution in [0.5, 0.6) is 5.75 Å². The smallest absolute Gasteiger partial charge is 0.247 e. The van der Waals surface area contributed by atoms with E-state index >= 15 is 0 Å². The number of carbonyl (C=O) groups is 1. The first kappa shape index (κ1) is 18.7. The molecule has 3 aromatic rings.